The van der Waals surface area contributed by atoms with Crippen LogP contribution in [0.25, 0.3) is 0 Å². The average Bonchev–Trinajstić information content (AvgIpc) is 2.71. The van der Waals surface area contributed by atoms with Gasteiger partial charge in [-0.15, -0.1) is 0 Å². The van der Waals surface area contributed by atoms with Crippen LogP contribution in [0.15, 0.2) is 42.5 Å². The van der Waals surface area contributed by atoms with Crippen molar-refractivity contribution in [2.45, 2.75) is 25.8 Å². The van der Waals surface area contributed by atoms with Gasteiger partial charge >= 0.3 is 0 Å². The van der Waals surface area contributed by atoms with Gasteiger partial charge in [-0.05, 0) is 69.1 Å². The highest BCUT2D eigenvalue weighted by Crippen LogP contribution is 2.21. The third-order valence-corrected chi connectivity index (χ3v) is 5.66. The molecule has 0 bridgehead atoms. The Kier molecular flexibility index (Phi) is 7.40. The Morgan fingerprint density at radius 2 is 1.79 bits per heavy atom. The van der Waals surface area contributed by atoms with E-state index in [0.29, 0.717) is 18.0 Å². The van der Waals surface area contributed by atoms with Crippen LogP contribution >= 0.6 is 0 Å². The molecule has 5 heteroatoms. The van der Waals surface area contributed by atoms with Crippen LogP contribution in [-0.2, 0) is 13.0 Å². The summed E-state index contributed by atoms with van der Waals surface area (Å²) in [5, 5.41) is 0. The molecule has 0 N–H and O–H groups in total. The molecule has 1 fully saturated rings. The summed E-state index contributed by atoms with van der Waals surface area (Å²) in [6, 6.07) is 12.5. The van der Waals surface area contributed by atoms with Gasteiger partial charge in [-0.1, -0.05) is 24.3 Å². The molecule has 0 unspecified atom stereocenters. The molecule has 1 heterocycles. The van der Waals surface area contributed by atoms with Crippen molar-refractivity contribution in [1.29, 1.82) is 0 Å². The summed E-state index contributed by atoms with van der Waals surface area (Å²) in [6.07, 6.45) is 3.18. The lowest BCUT2D eigenvalue weighted by Crippen LogP contribution is -2.37. The van der Waals surface area contributed by atoms with Crippen LogP contribution in [-0.4, -0.2) is 50.1 Å². The Morgan fingerprint density at radius 3 is 2.46 bits per heavy atom. The second-order valence-corrected chi connectivity index (χ2v) is 7.79. The first-order valence-electron chi connectivity index (χ1n) is 10.0. The lowest BCUT2D eigenvalue weighted by atomic mass is 9.96. The van der Waals surface area contributed by atoms with E-state index in [1.807, 2.05) is 12.1 Å². The first-order valence-corrected chi connectivity index (χ1v) is 10.0. The standard InChI is InChI=1S/C23H30F2N2O/c1-26-13-10-19(11-14-26)16-27(17-20-4-3-5-22(24)23(20)25)15-12-18-6-8-21(28-2)9-7-18/h3-9,19H,10-17H2,1-2H3. The highest BCUT2D eigenvalue weighted by Gasteiger charge is 2.21. The number of hydrogen-bond donors (Lipinski definition) is 0. The minimum atomic E-state index is -0.771. The Balaban J connectivity index is 1.66. The molecule has 0 saturated carbocycles. The van der Waals surface area contributed by atoms with Crippen LogP contribution in [0.5, 0.6) is 5.75 Å². The highest BCUT2D eigenvalue weighted by atomic mass is 19.2. The van der Waals surface area contributed by atoms with Crippen molar-refractivity contribution in [2.75, 3.05) is 40.3 Å². The molecule has 0 spiro atoms. The van der Waals surface area contributed by atoms with Crippen LogP contribution < -0.4 is 4.74 Å². The molecule has 2 aromatic rings. The quantitative estimate of drug-likeness (QED) is 0.668. The van der Waals surface area contributed by atoms with Gasteiger partial charge in [-0.3, -0.25) is 4.90 Å². The number of methoxy groups -OCH3 is 1. The molecule has 0 atom stereocenters. The Hall–Kier alpha value is -1.98. The number of nitrogens with zero attached hydrogens (tertiary/aromatic N) is 2. The first kappa shape index (κ1) is 20.7. The van der Waals surface area contributed by atoms with Gasteiger partial charge in [0.1, 0.15) is 5.75 Å². The molecule has 1 aliphatic heterocycles. The molecular weight excluding hydrogens is 358 g/mol. The van der Waals surface area contributed by atoms with Gasteiger partial charge in [-0.25, -0.2) is 8.78 Å². The maximum absolute atomic E-state index is 14.2. The molecule has 152 valence electrons. The van der Waals surface area contributed by atoms with E-state index in [1.165, 1.54) is 11.6 Å². The van der Waals surface area contributed by atoms with Crippen molar-refractivity contribution in [3.05, 3.63) is 65.2 Å². The van der Waals surface area contributed by atoms with Crippen LogP contribution in [0.4, 0.5) is 8.78 Å². The summed E-state index contributed by atoms with van der Waals surface area (Å²) in [5.74, 6) is -0.0512. The van der Waals surface area contributed by atoms with E-state index < -0.39 is 11.6 Å². The van der Waals surface area contributed by atoms with Crippen LogP contribution in [0.1, 0.15) is 24.0 Å². The predicted octanol–water partition coefficient (Wildman–Crippen LogP) is 4.36. The zero-order valence-electron chi connectivity index (χ0n) is 16.8. The molecule has 1 aliphatic rings. The molecule has 1 saturated heterocycles. The molecule has 0 aliphatic carbocycles. The number of likely N-dealkylation sites (tertiary alicyclic amines) is 1. The van der Waals surface area contributed by atoms with Gasteiger partial charge in [0, 0.05) is 25.2 Å². The first-order chi connectivity index (χ1) is 13.5. The molecule has 0 amide bonds. The number of halogens is 2. The lowest BCUT2D eigenvalue weighted by molar-refractivity contribution is 0.155. The lowest BCUT2D eigenvalue weighted by Gasteiger charge is -2.33. The Morgan fingerprint density at radius 1 is 1.07 bits per heavy atom. The summed E-state index contributed by atoms with van der Waals surface area (Å²) in [4.78, 5) is 4.63. The second kappa shape index (κ2) is 9.99. The van der Waals surface area contributed by atoms with E-state index in [4.69, 9.17) is 4.74 Å². The smallest absolute Gasteiger partial charge is 0.163 e. The topological polar surface area (TPSA) is 15.7 Å². The molecule has 28 heavy (non-hydrogen) atoms. The monoisotopic (exact) mass is 388 g/mol. The molecule has 3 nitrogen and oxygen atoms in total. The average molecular weight is 389 g/mol. The minimum absolute atomic E-state index is 0.433. The highest BCUT2D eigenvalue weighted by molar-refractivity contribution is 5.27. The summed E-state index contributed by atoms with van der Waals surface area (Å²) < 4.78 is 33.1. The van der Waals surface area contributed by atoms with Gasteiger partial charge in [0.05, 0.1) is 7.11 Å². The summed E-state index contributed by atoms with van der Waals surface area (Å²) in [6.45, 7) is 4.37. The molecule has 0 aromatic heterocycles. The predicted molar refractivity (Wildman–Crippen MR) is 109 cm³/mol. The Labute approximate surface area is 166 Å². The molecular formula is C23H30F2N2O. The Bertz CT molecular complexity index is 743. The summed E-state index contributed by atoms with van der Waals surface area (Å²) in [5.41, 5.74) is 1.65. The number of rotatable bonds is 8. The van der Waals surface area contributed by atoms with E-state index in [9.17, 15) is 8.78 Å². The van der Waals surface area contributed by atoms with Crippen molar-refractivity contribution in [2.24, 2.45) is 5.92 Å². The van der Waals surface area contributed by atoms with Crippen molar-refractivity contribution < 1.29 is 13.5 Å². The van der Waals surface area contributed by atoms with E-state index in [0.717, 1.165) is 51.2 Å². The zero-order chi connectivity index (χ0) is 19.9. The molecule has 0 radical (unpaired) electrons. The summed E-state index contributed by atoms with van der Waals surface area (Å²) >= 11 is 0. The van der Waals surface area contributed by atoms with Crippen LogP contribution in [0, 0.1) is 17.6 Å². The number of benzene rings is 2. The van der Waals surface area contributed by atoms with Crippen molar-refractivity contribution in [3.63, 3.8) is 0 Å². The van der Waals surface area contributed by atoms with E-state index in [2.05, 4.69) is 29.0 Å². The van der Waals surface area contributed by atoms with Crippen molar-refractivity contribution in [3.8, 4) is 5.75 Å². The fraction of sp³-hybridized carbons (Fsp3) is 0.478. The van der Waals surface area contributed by atoms with Gasteiger partial charge in [0.2, 0.25) is 0 Å². The fourth-order valence-electron chi connectivity index (χ4n) is 3.84. The third-order valence-electron chi connectivity index (χ3n) is 5.66. The number of piperidine rings is 1. The van der Waals surface area contributed by atoms with E-state index >= 15 is 0 Å². The number of hydrogen-bond acceptors (Lipinski definition) is 3. The van der Waals surface area contributed by atoms with Gasteiger partial charge in [0.15, 0.2) is 11.6 Å². The third kappa shape index (κ3) is 5.76. The van der Waals surface area contributed by atoms with E-state index in [-0.39, 0.29) is 0 Å². The maximum atomic E-state index is 14.2. The van der Waals surface area contributed by atoms with Crippen LogP contribution in [0.3, 0.4) is 0 Å². The fourth-order valence-corrected chi connectivity index (χ4v) is 3.84. The van der Waals surface area contributed by atoms with Crippen LogP contribution in [0.2, 0.25) is 0 Å². The normalized spacial score (nSPS) is 15.9. The number of ether oxygens (including phenoxy) is 1. The van der Waals surface area contributed by atoms with E-state index in [1.54, 1.807) is 19.2 Å². The van der Waals surface area contributed by atoms with Crippen molar-refractivity contribution >= 4 is 0 Å². The van der Waals surface area contributed by atoms with Gasteiger partial charge < -0.3 is 9.64 Å². The van der Waals surface area contributed by atoms with Crippen molar-refractivity contribution in [1.82, 2.24) is 9.80 Å². The molecule has 2 aromatic carbocycles. The van der Waals surface area contributed by atoms with Gasteiger partial charge in [-0.2, -0.15) is 0 Å². The largest absolute Gasteiger partial charge is 0.497 e. The molecule has 3 rings (SSSR count). The SMILES string of the molecule is COc1ccc(CCN(Cc2cccc(F)c2F)CC2CCN(C)CC2)cc1. The zero-order valence-corrected chi connectivity index (χ0v) is 16.8. The van der Waals surface area contributed by atoms with Gasteiger partial charge in [0.25, 0.3) is 0 Å². The second-order valence-electron chi connectivity index (χ2n) is 7.79. The minimum Gasteiger partial charge on any atom is -0.497 e. The maximum Gasteiger partial charge on any atom is 0.163 e. The summed E-state index contributed by atoms with van der Waals surface area (Å²) in [7, 11) is 3.81.